The van der Waals surface area contributed by atoms with Crippen molar-refractivity contribution < 1.29 is 4.79 Å². The molecule has 0 aliphatic rings. The lowest BCUT2D eigenvalue weighted by Crippen LogP contribution is -2.22. The van der Waals surface area contributed by atoms with E-state index in [0.717, 1.165) is 44.3 Å². The van der Waals surface area contributed by atoms with Gasteiger partial charge in [-0.2, -0.15) is 5.10 Å². The van der Waals surface area contributed by atoms with E-state index in [4.69, 9.17) is 23.2 Å². The number of carbonyl (C=O) groups is 1. The van der Waals surface area contributed by atoms with E-state index < -0.39 is 0 Å². The Balaban J connectivity index is 1.17. The summed E-state index contributed by atoms with van der Waals surface area (Å²) in [5, 5.41) is 12.6. The molecule has 0 saturated carbocycles. The summed E-state index contributed by atoms with van der Waals surface area (Å²) >= 11 is 12.2. The second kappa shape index (κ2) is 9.15. The minimum Gasteiger partial charge on any atom is -0.348 e. The molecule has 3 N–H and O–H groups in total. The molecule has 2 heterocycles. The van der Waals surface area contributed by atoms with Gasteiger partial charge in [0.2, 0.25) is 0 Å². The van der Waals surface area contributed by atoms with Gasteiger partial charge in [0, 0.05) is 27.5 Å². The number of aromatic nitrogens is 4. The summed E-state index contributed by atoms with van der Waals surface area (Å²) in [6, 6.07) is 26.7. The molecule has 4 aromatic carbocycles. The average molecular weight is 512 g/mol. The van der Waals surface area contributed by atoms with Crippen LogP contribution in [0.5, 0.6) is 0 Å². The maximum Gasteiger partial charge on any atom is 0.251 e. The van der Waals surface area contributed by atoms with Crippen molar-refractivity contribution in [1.29, 1.82) is 0 Å². The third-order valence-electron chi connectivity index (χ3n) is 6.04. The third kappa shape index (κ3) is 4.33. The van der Waals surface area contributed by atoms with Crippen molar-refractivity contribution in [2.24, 2.45) is 0 Å². The standard InChI is InChI=1S/C28H19Cl2N5O/c29-20-11-19(12-21(30)14-20)17-7-5-16(6-8-17)15-31-28(36)18-9-10-24-25(13-18)33-27(32-24)26-22-3-1-2-4-23(22)34-35-26/h1-14H,15H2,(H,31,36)(H,32,33)(H,34,35). The van der Waals surface area contributed by atoms with Gasteiger partial charge in [0.25, 0.3) is 5.91 Å². The van der Waals surface area contributed by atoms with E-state index in [-0.39, 0.29) is 5.91 Å². The van der Waals surface area contributed by atoms with Gasteiger partial charge in [0.05, 0.1) is 16.6 Å². The first-order valence-electron chi connectivity index (χ1n) is 11.3. The first-order chi connectivity index (χ1) is 17.5. The highest BCUT2D eigenvalue weighted by atomic mass is 35.5. The van der Waals surface area contributed by atoms with Gasteiger partial charge in [-0.05, 0) is 59.2 Å². The molecule has 0 unspecified atom stereocenters. The van der Waals surface area contributed by atoms with Crippen LogP contribution in [0.1, 0.15) is 15.9 Å². The summed E-state index contributed by atoms with van der Waals surface area (Å²) in [6.07, 6.45) is 0. The van der Waals surface area contributed by atoms with Crippen LogP contribution in [-0.2, 0) is 6.54 Å². The Kier molecular flexibility index (Phi) is 5.68. The molecule has 0 saturated heterocycles. The van der Waals surface area contributed by atoms with Crippen molar-refractivity contribution in [3.8, 4) is 22.6 Å². The van der Waals surface area contributed by atoms with Crippen LogP contribution >= 0.6 is 23.2 Å². The number of carbonyl (C=O) groups excluding carboxylic acids is 1. The highest BCUT2D eigenvalue weighted by Crippen LogP contribution is 2.28. The second-order valence-electron chi connectivity index (χ2n) is 8.47. The predicted octanol–water partition coefficient (Wildman–Crippen LogP) is 7.01. The molecule has 6 nitrogen and oxygen atoms in total. The summed E-state index contributed by atoms with van der Waals surface area (Å²) in [6.45, 7) is 0.404. The number of hydrogen-bond acceptors (Lipinski definition) is 3. The van der Waals surface area contributed by atoms with Crippen LogP contribution in [0.3, 0.4) is 0 Å². The summed E-state index contributed by atoms with van der Waals surface area (Å²) in [7, 11) is 0. The van der Waals surface area contributed by atoms with Gasteiger partial charge < -0.3 is 10.3 Å². The molecule has 0 fully saturated rings. The lowest BCUT2D eigenvalue weighted by atomic mass is 10.0. The fourth-order valence-corrected chi connectivity index (χ4v) is 4.75. The number of nitrogens with one attached hydrogen (secondary N) is 3. The minimum absolute atomic E-state index is 0.163. The topological polar surface area (TPSA) is 86.5 Å². The number of halogens is 2. The highest BCUT2D eigenvalue weighted by Gasteiger charge is 2.14. The minimum atomic E-state index is -0.163. The average Bonchev–Trinajstić information content (AvgIpc) is 3.50. The Morgan fingerprint density at radius 2 is 1.61 bits per heavy atom. The van der Waals surface area contributed by atoms with E-state index in [0.29, 0.717) is 28.0 Å². The monoisotopic (exact) mass is 511 g/mol. The fourth-order valence-electron chi connectivity index (χ4n) is 4.23. The maximum absolute atomic E-state index is 12.8. The largest absolute Gasteiger partial charge is 0.348 e. The van der Waals surface area contributed by atoms with Gasteiger partial charge in [-0.25, -0.2) is 4.98 Å². The van der Waals surface area contributed by atoms with E-state index >= 15 is 0 Å². The van der Waals surface area contributed by atoms with Crippen molar-refractivity contribution in [2.45, 2.75) is 6.54 Å². The van der Waals surface area contributed by atoms with Crippen molar-refractivity contribution in [1.82, 2.24) is 25.5 Å². The Morgan fingerprint density at radius 1 is 0.833 bits per heavy atom. The number of benzene rings is 4. The molecule has 0 aliphatic heterocycles. The summed E-state index contributed by atoms with van der Waals surface area (Å²) in [5.74, 6) is 0.491. The van der Waals surface area contributed by atoms with Crippen LogP contribution in [0, 0.1) is 0 Å². The number of H-pyrrole nitrogens is 2. The summed E-state index contributed by atoms with van der Waals surface area (Å²) in [5.41, 5.74) is 6.71. The van der Waals surface area contributed by atoms with Gasteiger partial charge in [-0.1, -0.05) is 65.7 Å². The molecular weight excluding hydrogens is 493 g/mol. The second-order valence-corrected chi connectivity index (χ2v) is 9.35. The van der Waals surface area contributed by atoms with Crippen LogP contribution in [0.15, 0.2) is 84.9 Å². The van der Waals surface area contributed by atoms with E-state index in [9.17, 15) is 4.79 Å². The van der Waals surface area contributed by atoms with E-state index in [1.54, 1.807) is 12.1 Å². The van der Waals surface area contributed by atoms with Crippen molar-refractivity contribution in [3.63, 3.8) is 0 Å². The molecule has 0 aliphatic carbocycles. The van der Waals surface area contributed by atoms with Crippen LogP contribution < -0.4 is 5.32 Å². The number of para-hydroxylation sites is 1. The van der Waals surface area contributed by atoms with Crippen LogP contribution in [0.25, 0.3) is 44.6 Å². The first-order valence-corrected chi connectivity index (χ1v) is 12.1. The molecule has 8 heteroatoms. The smallest absolute Gasteiger partial charge is 0.251 e. The number of aromatic amines is 2. The van der Waals surface area contributed by atoms with Crippen LogP contribution in [0.4, 0.5) is 0 Å². The van der Waals surface area contributed by atoms with Crippen molar-refractivity contribution >= 4 is 51.0 Å². The maximum atomic E-state index is 12.8. The van der Waals surface area contributed by atoms with Gasteiger partial charge >= 0.3 is 0 Å². The molecule has 0 bridgehead atoms. The van der Waals surface area contributed by atoms with Crippen LogP contribution in [-0.4, -0.2) is 26.1 Å². The third-order valence-corrected chi connectivity index (χ3v) is 6.48. The Bertz CT molecular complexity index is 1720. The number of hydrogen-bond donors (Lipinski definition) is 3. The summed E-state index contributed by atoms with van der Waals surface area (Å²) in [4.78, 5) is 20.8. The molecule has 6 rings (SSSR count). The van der Waals surface area contributed by atoms with Gasteiger partial charge in [-0.15, -0.1) is 0 Å². The van der Waals surface area contributed by atoms with Crippen molar-refractivity contribution in [2.75, 3.05) is 0 Å². The molecule has 176 valence electrons. The van der Waals surface area contributed by atoms with Crippen LogP contribution in [0.2, 0.25) is 10.0 Å². The number of nitrogens with zero attached hydrogens (tertiary/aromatic N) is 2. The van der Waals surface area contributed by atoms with Gasteiger partial charge in [0.15, 0.2) is 5.82 Å². The lowest BCUT2D eigenvalue weighted by molar-refractivity contribution is 0.0951. The Labute approximate surface area is 216 Å². The first kappa shape index (κ1) is 22.3. The molecule has 2 aromatic heterocycles. The van der Waals surface area contributed by atoms with E-state index in [1.165, 1.54) is 0 Å². The van der Waals surface area contributed by atoms with Crippen molar-refractivity contribution in [3.05, 3.63) is 106 Å². The highest BCUT2D eigenvalue weighted by molar-refractivity contribution is 6.35. The number of imidazole rings is 1. The lowest BCUT2D eigenvalue weighted by Gasteiger charge is -2.08. The molecule has 0 radical (unpaired) electrons. The number of rotatable bonds is 5. The zero-order valence-corrected chi connectivity index (χ0v) is 20.4. The molecule has 0 spiro atoms. The van der Waals surface area contributed by atoms with E-state index in [1.807, 2.05) is 72.8 Å². The normalized spacial score (nSPS) is 11.3. The summed E-state index contributed by atoms with van der Waals surface area (Å²) < 4.78 is 0. The SMILES string of the molecule is O=C(NCc1ccc(-c2cc(Cl)cc(Cl)c2)cc1)c1ccc2nc(-c3n[nH]c4ccccc34)[nH]c2c1. The van der Waals surface area contributed by atoms with E-state index in [2.05, 4.69) is 25.5 Å². The van der Waals surface area contributed by atoms with Gasteiger partial charge in [-0.3, -0.25) is 9.89 Å². The molecule has 0 atom stereocenters. The Morgan fingerprint density at radius 3 is 2.42 bits per heavy atom. The molecular formula is C28H19Cl2N5O. The molecule has 6 aromatic rings. The zero-order valence-electron chi connectivity index (χ0n) is 18.8. The fraction of sp³-hybridized carbons (Fsp3) is 0.0357. The predicted molar refractivity (Wildman–Crippen MR) is 144 cm³/mol. The Hall–Kier alpha value is -4.13. The molecule has 36 heavy (non-hydrogen) atoms. The number of amides is 1. The van der Waals surface area contributed by atoms with Gasteiger partial charge in [0.1, 0.15) is 5.69 Å². The number of fused-ring (bicyclic) bond motifs is 2. The molecule has 1 amide bonds. The zero-order chi connectivity index (χ0) is 24.6. The quantitative estimate of drug-likeness (QED) is 0.232.